The quantitative estimate of drug-likeness (QED) is 0.930. The Hall–Kier alpha value is -1.10. The third-order valence-corrected chi connectivity index (χ3v) is 4.39. The highest BCUT2D eigenvalue weighted by Gasteiger charge is 2.45. The van der Waals surface area contributed by atoms with Gasteiger partial charge in [0.1, 0.15) is 11.9 Å². The fourth-order valence-corrected chi connectivity index (χ4v) is 3.10. The van der Waals surface area contributed by atoms with Crippen LogP contribution in [0.4, 0.5) is 0 Å². The molecule has 1 spiro atoms. The smallest absolute Gasteiger partial charge is 0.172 e. The van der Waals surface area contributed by atoms with Crippen molar-refractivity contribution in [2.45, 2.75) is 57.0 Å². The third-order valence-electron chi connectivity index (χ3n) is 4.39. The SMILES string of the molecule is CC(C)c1cccc(OC2CC3(CCC2O)OCCO3)c1. The summed E-state index contributed by atoms with van der Waals surface area (Å²) in [4.78, 5) is 0. The van der Waals surface area contributed by atoms with E-state index in [0.29, 0.717) is 32.0 Å². The second-order valence-corrected chi connectivity index (χ2v) is 6.30. The zero-order valence-corrected chi connectivity index (χ0v) is 12.7. The average Bonchev–Trinajstić information content (AvgIpc) is 2.92. The van der Waals surface area contributed by atoms with Gasteiger partial charge in [-0.2, -0.15) is 0 Å². The fraction of sp³-hybridized carbons (Fsp3) is 0.647. The summed E-state index contributed by atoms with van der Waals surface area (Å²) in [6, 6.07) is 8.09. The second-order valence-electron chi connectivity index (χ2n) is 6.30. The minimum atomic E-state index is -0.542. The van der Waals surface area contributed by atoms with Gasteiger partial charge >= 0.3 is 0 Å². The van der Waals surface area contributed by atoms with Crippen LogP contribution in [0.2, 0.25) is 0 Å². The summed E-state index contributed by atoms with van der Waals surface area (Å²) >= 11 is 0. The maximum Gasteiger partial charge on any atom is 0.172 e. The van der Waals surface area contributed by atoms with Crippen molar-refractivity contribution in [3.8, 4) is 5.75 Å². The molecule has 1 aliphatic carbocycles. The van der Waals surface area contributed by atoms with Gasteiger partial charge in [0.2, 0.25) is 0 Å². The number of rotatable bonds is 3. The monoisotopic (exact) mass is 292 g/mol. The molecule has 0 amide bonds. The van der Waals surface area contributed by atoms with Crippen molar-refractivity contribution in [1.82, 2.24) is 0 Å². The van der Waals surface area contributed by atoms with Crippen LogP contribution in [-0.4, -0.2) is 36.3 Å². The Morgan fingerprint density at radius 3 is 2.76 bits per heavy atom. The van der Waals surface area contributed by atoms with Crippen LogP contribution in [-0.2, 0) is 9.47 Å². The Morgan fingerprint density at radius 1 is 1.29 bits per heavy atom. The summed E-state index contributed by atoms with van der Waals surface area (Å²) in [5.41, 5.74) is 1.24. The van der Waals surface area contributed by atoms with Gasteiger partial charge in [-0.05, 0) is 30.0 Å². The van der Waals surface area contributed by atoms with E-state index in [9.17, 15) is 5.11 Å². The van der Waals surface area contributed by atoms with Crippen molar-refractivity contribution < 1.29 is 19.3 Å². The number of hydrogen-bond acceptors (Lipinski definition) is 4. The summed E-state index contributed by atoms with van der Waals surface area (Å²) in [5.74, 6) is 0.720. The van der Waals surface area contributed by atoms with E-state index in [1.54, 1.807) is 0 Å². The van der Waals surface area contributed by atoms with Gasteiger partial charge in [0.05, 0.1) is 19.3 Å². The number of aliphatic hydroxyl groups is 1. The number of benzene rings is 1. The molecule has 0 aromatic heterocycles. The molecule has 2 aliphatic rings. The summed E-state index contributed by atoms with van der Waals surface area (Å²) in [5, 5.41) is 10.2. The van der Waals surface area contributed by atoms with E-state index in [1.807, 2.05) is 12.1 Å². The molecular formula is C17H24O4. The van der Waals surface area contributed by atoms with Gasteiger partial charge in [-0.25, -0.2) is 0 Å². The van der Waals surface area contributed by atoms with Crippen LogP contribution in [0.15, 0.2) is 24.3 Å². The molecule has 2 atom stereocenters. The molecular weight excluding hydrogens is 268 g/mol. The first kappa shape index (κ1) is 14.8. The lowest BCUT2D eigenvalue weighted by atomic mass is 9.89. The minimum Gasteiger partial charge on any atom is -0.488 e. The van der Waals surface area contributed by atoms with E-state index in [2.05, 4.69) is 26.0 Å². The molecule has 2 fully saturated rings. The molecule has 1 heterocycles. The van der Waals surface area contributed by atoms with Crippen LogP contribution in [0.1, 0.15) is 44.6 Å². The highest BCUT2D eigenvalue weighted by molar-refractivity contribution is 5.30. The lowest BCUT2D eigenvalue weighted by Gasteiger charge is -2.38. The highest BCUT2D eigenvalue weighted by atomic mass is 16.7. The first-order chi connectivity index (χ1) is 10.1. The zero-order chi connectivity index (χ0) is 14.9. The van der Waals surface area contributed by atoms with Crippen LogP contribution < -0.4 is 4.74 Å². The predicted molar refractivity (Wildman–Crippen MR) is 79.4 cm³/mol. The first-order valence-corrected chi connectivity index (χ1v) is 7.81. The standard InChI is InChI=1S/C17H24O4/c1-12(2)13-4-3-5-14(10-13)21-16-11-17(7-6-15(16)18)19-8-9-20-17/h3-5,10,12,15-16,18H,6-9,11H2,1-2H3. The maximum atomic E-state index is 10.2. The predicted octanol–water partition coefficient (Wildman–Crippen LogP) is 2.85. The van der Waals surface area contributed by atoms with Gasteiger partial charge in [0.15, 0.2) is 5.79 Å². The van der Waals surface area contributed by atoms with Crippen molar-refractivity contribution in [2.75, 3.05) is 13.2 Å². The van der Waals surface area contributed by atoms with E-state index >= 15 is 0 Å². The summed E-state index contributed by atoms with van der Waals surface area (Å²) in [6.07, 6.45) is 1.22. The summed E-state index contributed by atoms with van der Waals surface area (Å²) in [6.45, 7) is 5.57. The van der Waals surface area contributed by atoms with E-state index in [1.165, 1.54) is 5.56 Å². The third kappa shape index (κ3) is 3.23. The van der Waals surface area contributed by atoms with Gasteiger partial charge in [0.25, 0.3) is 0 Å². The molecule has 1 saturated carbocycles. The largest absolute Gasteiger partial charge is 0.488 e. The van der Waals surface area contributed by atoms with Crippen molar-refractivity contribution in [3.63, 3.8) is 0 Å². The fourth-order valence-electron chi connectivity index (χ4n) is 3.10. The average molecular weight is 292 g/mol. The zero-order valence-electron chi connectivity index (χ0n) is 12.7. The molecule has 0 radical (unpaired) electrons. The second kappa shape index (κ2) is 5.95. The molecule has 1 aromatic rings. The Balaban J connectivity index is 1.72. The molecule has 0 bridgehead atoms. The Kier molecular flexibility index (Phi) is 4.20. The van der Waals surface area contributed by atoms with Crippen molar-refractivity contribution >= 4 is 0 Å². The lowest BCUT2D eigenvalue weighted by molar-refractivity contribution is -0.209. The van der Waals surface area contributed by atoms with E-state index in [4.69, 9.17) is 14.2 Å². The van der Waals surface area contributed by atoms with E-state index in [-0.39, 0.29) is 6.10 Å². The van der Waals surface area contributed by atoms with E-state index < -0.39 is 11.9 Å². The van der Waals surface area contributed by atoms with Crippen LogP contribution in [0.25, 0.3) is 0 Å². The molecule has 1 N–H and O–H groups in total. The van der Waals surface area contributed by atoms with Crippen LogP contribution in [0, 0.1) is 0 Å². The van der Waals surface area contributed by atoms with Crippen molar-refractivity contribution in [3.05, 3.63) is 29.8 Å². The molecule has 1 saturated heterocycles. The van der Waals surface area contributed by atoms with Crippen LogP contribution >= 0.6 is 0 Å². The molecule has 116 valence electrons. The van der Waals surface area contributed by atoms with Crippen LogP contribution in [0.3, 0.4) is 0 Å². The van der Waals surface area contributed by atoms with Crippen molar-refractivity contribution in [1.29, 1.82) is 0 Å². The van der Waals surface area contributed by atoms with Gasteiger partial charge in [-0.3, -0.25) is 0 Å². The Morgan fingerprint density at radius 2 is 2.05 bits per heavy atom. The van der Waals surface area contributed by atoms with Crippen LogP contribution in [0.5, 0.6) is 5.75 Å². The summed E-state index contributed by atoms with van der Waals surface area (Å²) in [7, 11) is 0. The molecule has 2 unspecified atom stereocenters. The van der Waals surface area contributed by atoms with Gasteiger partial charge in [-0.15, -0.1) is 0 Å². The molecule has 1 aromatic carbocycles. The Bertz CT molecular complexity index is 479. The maximum absolute atomic E-state index is 10.2. The molecule has 1 aliphatic heterocycles. The topological polar surface area (TPSA) is 47.9 Å². The highest BCUT2D eigenvalue weighted by Crippen LogP contribution is 2.37. The van der Waals surface area contributed by atoms with Gasteiger partial charge in [-0.1, -0.05) is 26.0 Å². The number of hydrogen-bond donors (Lipinski definition) is 1. The number of aliphatic hydroxyl groups excluding tert-OH is 1. The number of ether oxygens (including phenoxy) is 3. The Labute approximate surface area is 126 Å². The molecule has 4 heteroatoms. The van der Waals surface area contributed by atoms with Gasteiger partial charge in [0, 0.05) is 12.8 Å². The lowest BCUT2D eigenvalue weighted by Crippen LogP contribution is -2.47. The summed E-state index contributed by atoms with van der Waals surface area (Å²) < 4.78 is 17.5. The molecule has 3 rings (SSSR count). The molecule has 4 nitrogen and oxygen atoms in total. The molecule has 21 heavy (non-hydrogen) atoms. The van der Waals surface area contributed by atoms with Gasteiger partial charge < -0.3 is 19.3 Å². The minimum absolute atomic E-state index is 0.278. The van der Waals surface area contributed by atoms with E-state index in [0.717, 1.165) is 12.2 Å². The normalized spacial score (nSPS) is 28.2. The van der Waals surface area contributed by atoms with Crippen molar-refractivity contribution in [2.24, 2.45) is 0 Å². The first-order valence-electron chi connectivity index (χ1n) is 7.81.